The first kappa shape index (κ1) is 4.38. The zero-order chi connectivity index (χ0) is 11.0. The first-order valence-corrected chi connectivity index (χ1v) is 2.90. The van der Waals surface area contributed by atoms with Gasteiger partial charge in [-0.05, 0) is 25.1 Å². The summed E-state index contributed by atoms with van der Waals surface area (Å²) >= 11 is 0. The zero-order valence-electron chi connectivity index (χ0n) is 8.80. The molecule has 3 heteroatoms. The van der Waals surface area contributed by atoms with Crippen LogP contribution in [0.2, 0.25) is 0 Å². The second kappa shape index (κ2) is 2.62. The molecular formula is C8H8O3. The number of hydrogen-bond acceptors (Lipinski definition) is 3. The molecule has 0 spiro atoms. The van der Waals surface area contributed by atoms with E-state index in [1.54, 1.807) is 0 Å². The molecule has 0 heterocycles. The Morgan fingerprint density at radius 3 is 2.64 bits per heavy atom. The van der Waals surface area contributed by atoms with Crippen molar-refractivity contribution in [3.05, 3.63) is 23.7 Å². The summed E-state index contributed by atoms with van der Waals surface area (Å²) in [6.07, 6.45) is 0. The van der Waals surface area contributed by atoms with Crippen molar-refractivity contribution in [3.8, 4) is 11.5 Å². The average Bonchev–Trinajstić information content (AvgIpc) is 2.11. The van der Waals surface area contributed by atoms with Crippen LogP contribution in [0.3, 0.4) is 0 Å². The van der Waals surface area contributed by atoms with Gasteiger partial charge in [0.25, 0.3) is 0 Å². The van der Waals surface area contributed by atoms with Crippen molar-refractivity contribution in [2.45, 2.75) is 6.92 Å². The Bertz CT molecular complexity index is 386. The number of ketones is 1. The maximum absolute atomic E-state index is 11.0. The average molecular weight is 155 g/mol. The van der Waals surface area contributed by atoms with E-state index in [9.17, 15) is 4.79 Å². The third-order valence-corrected chi connectivity index (χ3v) is 1.13. The summed E-state index contributed by atoms with van der Waals surface area (Å²) in [6.45, 7) is 1.13. The van der Waals surface area contributed by atoms with Gasteiger partial charge in [0.1, 0.15) is 0 Å². The monoisotopic (exact) mass is 155 g/mol. The Morgan fingerprint density at radius 2 is 2.09 bits per heavy atom. The van der Waals surface area contributed by atoms with E-state index in [4.69, 9.17) is 14.3 Å². The highest BCUT2D eigenvalue weighted by molar-refractivity contribution is 5.94. The van der Waals surface area contributed by atoms with Crippen LogP contribution in [0.4, 0.5) is 0 Å². The molecule has 1 rings (SSSR count). The molecule has 0 aliphatic heterocycles. The van der Waals surface area contributed by atoms with Crippen LogP contribution in [0.25, 0.3) is 0 Å². The van der Waals surface area contributed by atoms with E-state index in [1.165, 1.54) is 0 Å². The SMILES string of the molecule is [2H]c1c([2H])c(C(C)=O)c([2H])c(O)c1O. The van der Waals surface area contributed by atoms with Crippen LogP contribution in [0.1, 0.15) is 21.4 Å². The van der Waals surface area contributed by atoms with Crippen molar-refractivity contribution in [2.75, 3.05) is 0 Å². The van der Waals surface area contributed by atoms with Crippen molar-refractivity contribution in [3.63, 3.8) is 0 Å². The van der Waals surface area contributed by atoms with Gasteiger partial charge in [0, 0.05) is 5.56 Å². The minimum atomic E-state index is -0.843. The van der Waals surface area contributed by atoms with E-state index < -0.39 is 35.4 Å². The summed E-state index contributed by atoms with van der Waals surface area (Å²) in [6, 6.07) is -1.81. The highest BCUT2D eigenvalue weighted by Gasteiger charge is 2.02. The van der Waals surface area contributed by atoms with Crippen molar-refractivity contribution in [2.24, 2.45) is 0 Å². The van der Waals surface area contributed by atoms with Gasteiger partial charge in [-0.1, -0.05) is 0 Å². The summed E-state index contributed by atoms with van der Waals surface area (Å²) in [5, 5.41) is 18.2. The van der Waals surface area contributed by atoms with Crippen LogP contribution in [0, 0.1) is 0 Å². The Morgan fingerprint density at radius 1 is 1.45 bits per heavy atom. The van der Waals surface area contributed by atoms with E-state index in [2.05, 4.69) is 0 Å². The van der Waals surface area contributed by atoms with E-state index in [1.807, 2.05) is 0 Å². The van der Waals surface area contributed by atoms with Crippen LogP contribution < -0.4 is 0 Å². The molecule has 0 saturated heterocycles. The normalized spacial score (nSPS) is 13.4. The fourth-order valence-electron chi connectivity index (χ4n) is 0.566. The smallest absolute Gasteiger partial charge is 0.159 e. The molecule has 0 amide bonds. The van der Waals surface area contributed by atoms with Crippen molar-refractivity contribution >= 4 is 5.78 Å². The molecule has 1 aromatic rings. The number of benzene rings is 1. The van der Waals surface area contributed by atoms with Crippen LogP contribution in [0.5, 0.6) is 11.5 Å². The number of aromatic hydroxyl groups is 2. The summed E-state index contributed by atoms with van der Waals surface area (Å²) < 4.78 is 21.8. The number of phenolic OH excluding ortho intramolecular Hbond substituents is 2. The molecule has 0 aliphatic rings. The largest absolute Gasteiger partial charge is 0.504 e. The summed E-state index contributed by atoms with van der Waals surface area (Å²) in [5.41, 5.74) is -0.356. The third kappa shape index (κ3) is 1.49. The fraction of sp³-hybridized carbons (Fsp3) is 0.125. The van der Waals surface area contributed by atoms with E-state index in [-0.39, 0.29) is 5.56 Å². The summed E-state index contributed by atoms with van der Waals surface area (Å²) in [4.78, 5) is 11.0. The third-order valence-electron chi connectivity index (χ3n) is 1.13. The number of carbonyl (C=O) groups is 1. The fourth-order valence-corrected chi connectivity index (χ4v) is 0.566. The lowest BCUT2D eigenvalue weighted by molar-refractivity contribution is 0.101. The number of hydrogen-bond donors (Lipinski definition) is 2. The topological polar surface area (TPSA) is 57.5 Å². The molecule has 0 saturated carbocycles. The number of phenols is 2. The first-order valence-electron chi connectivity index (χ1n) is 4.40. The standard InChI is InChI=1S/C8H8O3/c1-5(9)6-2-3-7(10)8(11)4-6/h2-4,10-11H,1H3/i2D,3D,4D. The minimum Gasteiger partial charge on any atom is -0.504 e. The van der Waals surface area contributed by atoms with Crippen molar-refractivity contribution in [1.82, 2.24) is 0 Å². The molecule has 0 aromatic heterocycles. The Kier molecular flexibility index (Phi) is 1.04. The highest BCUT2D eigenvalue weighted by Crippen LogP contribution is 2.24. The molecular weight excluding hydrogens is 144 g/mol. The number of rotatable bonds is 1. The molecule has 0 fully saturated rings. The van der Waals surface area contributed by atoms with Gasteiger partial charge in [-0.25, -0.2) is 0 Å². The van der Waals surface area contributed by atoms with Gasteiger partial charge in [0.05, 0.1) is 4.11 Å². The van der Waals surface area contributed by atoms with Crippen molar-refractivity contribution < 1.29 is 19.1 Å². The zero-order valence-corrected chi connectivity index (χ0v) is 5.80. The Balaban J connectivity index is 3.68. The van der Waals surface area contributed by atoms with Gasteiger partial charge in [0.15, 0.2) is 17.3 Å². The quantitative estimate of drug-likeness (QED) is 0.474. The molecule has 58 valence electrons. The molecule has 2 N–H and O–H groups in total. The first-order chi connectivity index (χ1) is 6.37. The predicted octanol–water partition coefficient (Wildman–Crippen LogP) is 1.30. The van der Waals surface area contributed by atoms with Crippen molar-refractivity contribution in [1.29, 1.82) is 0 Å². The Hall–Kier alpha value is -1.51. The van der Waals surface area contributed by atoms with E-state index in [0.717, 1.165) is 6.92 Å². The maximum Gasteiger partial charge on any atom is 0.159 e. The molecule has 0 atom stereocenters. The molecule has 11 heavy (non-hydrogen) atoms. The predicted molar refractivity (Wildman–Crippen MR) is 39.8 cm³/mol. The minimum absolute atomic E-state index is 0.356. The second-order valence-corrected chi connectivity index (χ2v) is 2.00. The molecule has 0 bridgehead atoms. The molecule has 0 radical (unpaired) electrons. The van der Waals surface area contributed by atoms with Crippen LogP contribution in [0.15, 0.2) is 18.1 Å². The second-order valence-electron chi connectivity index (χ2n) is 2.00. The van der Waals surface area contributed by atoms with Crippen LogP contribution >= 0.6 is 0 Å². The molecule has 0 aliphatic carbocycles. The van der Waals surface area contributed by atoms with Gasteiger partial charge in [-0.2, -0.15) is 0 Å². The summed E-state index contributed by atoms with van der Waals surface area (Å²) in [7, 11) is 0. The van der Waals surface area contributed by atoms with Gasteiger partial charge < -0.3 is 10.2 Å². The highest BCUT2D eigenvalue weighted by atomic mass is 16.3. The van der Waals surface area contributed by atoms with E-state index >= 15 is 0 Å². The lowest BCUT2D eigenvalue weighted by Gasteiger charge is -1.98. The van der Waals surface area contributed by atoms with Crippen LogP contribution in [-0.4, -0.2) is 16.0 Å². The maximum atomic E-state index is 11.0. The molecule has 0 unspecified atom stereocenters. The lowest BCUT2D eigenvalue weighted by atomic mass is 10.1. The number of carbonyl (C=O) groups excluding carboxylic acids is 1. The van der Waals surface area contributed by atoms with Gasteiger partial charge in [0.2, 0.25) is 0 Å². The molecule has 1 aromatic carbocycles. The molecule has 3 nitrogen and oxygen atoms in total. The number of Topliss-reactive ketones (excluding diaryl/α,β-unsaturated/α-hetero) is 1. The van der Waals surface area contributed by atoms with E-state index in [0.29, 0.717) is 0 Å². The van der Waals surface area contributed by atoms with Crippen LogP contribution in [-0.2, 0) is 0 Å². The Labute approximate surface area is 68.1 Å². The van der Waals surface area contributed by atoms with Gasteiger partial charge in [-0.15, -0.1) is 0 Å². The lowest BCUT2D eigenvalue weighted by Crippen LogP contribution is -1.89. The van der Waals surface area contributed by atoms with Gasteiger partial charge in [-0.3, -0.25) is 4.79 Å². The van der Waals surface area contributed by atoms with Gasteiger partial charge >= 0.3 is 0 Å². The summed E-state index contributed by atoms with van der Waals surface area (Å²) in [5.74, 6) is -2.27.